The highest BCUT2D eigenvalue weighted by Crippen LogP contribution is 2.41. The predicted octanol–water partition coefficient (Wildman–Crippen LogP) is 1.24. The number of amidine groups is 1. The quantitative estimate of drug-likeness (QED) is 0.244. The first-order valence-electron chi connectivity index (χ1n) is 10.2. The van der Waals surface area contributed by atoms with Gasteiger partial charge in [-0.15, -0.1) is 10.2 Å². The summed E-state index contributed by atoms with van der Waals surface area (Å²) in [5, 5.41) is 15.6. The number of carbonyl (C=O) groups is 3. The van der Waals surface area contributed by atoms with Crippen LogP contribution in [0.3, 0.4) is 0 Å². The molecule has 0 spiro atoms. The van der Waals surface area contributed by atoms with E-state index in [1.54, 1.807) is 23.0 Å². The molecule has 13 nitrogen and oxygen atoms in total. The van der Waals surface area contributed by atoms with Gasteiger partial charge >= 0.3 is 6.09 Å². The molecule has 4 rings (SSSR count). The molecule has 1 aliphatic rings. The standard InChI is InChI=1S/C22H20N6O7/c1-27-10-25-26-21(27)13-2-4-14(5-3-13)32-9-15-8-28(22(31)35-15)17-7-6-16(20(23)24)18(33-11-29)19(17)34-12-30/h2-7,10-12,15H,8-9H2,1H3,(H3,23,24). The third-order valence-corrected chi connectivity index (χ3v) is 5.14. The summed E-state index contributed by atoms with van der Waals surface area (Å²) in [6, 6.07) is 9.96. The zero-order valence-corrected chi connectivity index (χ0v) is 18.4. The van der Waals surface area contributed by atoms with E-state index in [9.17, 15) is 14.4 Å². The number of anilines is 1. The molecule has 0 radical (unpaired) electrons. The van der Waals surface area contributed by atoms with Crippen LogP contribution in [0, 0.1) is 5.41 Å². The fourth-order valence-corrected chi connectivity index (χ4v) is 3.54. The zero-order chi connectivity index (χ0) is 24.9. The largest absolute Gasteiger partial charge is 0.490 e. The average molecular weight is 480 g/mol. The topological polar surface area (TPSA) is 172 Å². The highest BCUT2D eigenvalue weighted by molar-refractivity contribution is 6.02. The summed E-state index contributed by atoms with van der Waals surface area (Å²) in [4.78, 5) is 35.8. The third kappa shape index (κ3) is 4.73. The van der Waals surface area contributed by atoms with Crippen molar-refractivity contribution in [3.8, 4) is 28.6 Å². The first kappa shape index (κ1) is 23.2. The van der Waals surface area contributed by atoms with Crippen LogP contribution in [-0.4, -0.2) is 58.9 Å². The van der Waals surface area contributed by atoms with Crippen LogP contribution in [0.5, 0.6) is 17.2 Å². The number of ether oxygens (including phenoxy) is 4. The van der Waals surface area contributed by atoms with Gasteiger partial charge in [-0.05, 0) is 36.4 Å². The predicted molar refractivity (Wildman–Crippen MR) is 120 cm³/mol. The first-order chi connectivity index (χ1) is 16.9. The molecule has 3 N–H and O–H groups in total. The smallest absolute Gasteiger partial charge is 0.415 e. The molecule has 1 aromatic heterocycles. The van der Waals surface area contributed by atoms with Gasteiger partial charge in [0.15, 0.2) is 23.4 Å². The minimum Gasteiger partial charge on any atom is -0.490 e. The van der Waals surface area contributed by atoms with Gasteiger partial charge in [0, 0.05) is 12.6 Å². The lowest BCUT2D eigenvalue weighted by Crippen LogP contribution is -2.27. The van der Waals surface area contributed by atoms with Crippen LogP contribution in [0.25, 0.3) is 11.4 Å². The normalized spacial score (nSPS) is 14.8. The van der Waals surface area contributed by atoms with Crippen molar-refractivity contribution in [1.29, 1.82) is 5.41 Å². The maximum Gasteiger partial charge on any atom is 0.415 e. The van der Waals surface area contributed by atoms with Crippen LogP contribution in [0.1, 0.15) is 5.56 Å². The summed E-state index contributed by atoms with van der Waals surface area (Å²) in [5.41, 5.74) is 6.48. The molecule has 1 aliphatic heterocycles. The molecule has 35 heavy (non-hydrogen) atoms. The van der Waals surface area contributed by atoms with Gasteiger partial charge in [0.25, 0.3) is 12.9 Å². The molecule has 0 bridgehead atoms. The minimum absolute atomic E-state index is 0.00918. The van der Waals surface area contributed by atoms with Crippen LogP contribution >= 0.6 is 0 Å². The molecule has 1 saturated heterocycles. The Hall–Kier alpha value is -4.94. The average Bonchev–Trinajstić information content (AvgIpc) is 3.44. The molecule has 13 heteroatoms. The lowest BCUT2D eigenvalue weighted by Gasteiger charge is -2.19. The molecule has 1 unspecified atom stereocenters. The van der Waals surface area contributed by atoms with Gasteiger partial charge < -0.3 is 29.2 Å². The molecule has 0 saturated carbocycles. The Kier molecular flexibility index (Phi) is 6.57. The summed E-state index contributed by atoms with van der Waals surface area (Å²) in [6.45, 7) is 0.314. The lowest BCUT2D eigenvalue weighted by atomic mass is 10.1. The van der Waals surface area contributed by atoms with E-state index in [4.69, 9.17) is 30.1 Å². The number of nitrogen functional groups attached to an aromatic ring is 1. The fraction of sp³-hybridized carbons (Fsp3) is 0.182. The number of benzene rings is 2. The lowest BCUT2D eigenvalue weighted by molar-refractivity contribution is -0.123. The number of aryl methyl sites for hydroxylation is 1. The Morgan fingerprint density at radius 3 is 2.51 bits per heavy atom. The Labute approximate surface area is 198 Å². The second-order valence-corrected chi connectivity index (χ2v) is 7.35. The van der Waals surface area contributed by atoms with Crippen molar-refractivity contribution in [1.82, 2.24) is 14.8 Å². The van der Waals surface area contributed by atoms with Crippen LogP contribution in [0.4, 0.5) is 10.5 Å². The van der Waals surface area contributed by atoms with Crippen LogP contribution < -0.4 is 24.8 Å². The van der Waals surface area contributed by atoms with Crippen molar-refractivity contribution in [2.75, 3.05) is 18.1 Å². The van der Waals surface area contributed by atoms with E-state index in [0.717, 1.165) is 5.56 Å². The third-order valence-electron chi connectivity index (χ3n) is 5.14. The number of aromatic nitrogens is 3. The number of nitrogens with zero attached hydrogens (tertiary/aromatic N) is 4. The van der Waals surface area contributed by atoms with Gasteiger partial charge in [-0.25, -0.2) is 4.79 Å². The van der Waals surface area contributed by atoms with Crippen LogP contribution in [0.2, 0.25) is 0 Å². The van der Waals surface area contributed by atoms with Crippen molar-refractivity contribution < 1.29 is 33.3 Å². The molecular weight excluding hydrogens is 460 g/mol. The number of amides is 1. The second kappa shape index (κ2) is 9.91. The molecule has 1 amide bonds. The maximum atomic E-state index is 12.6. The van der Waals surface area contributed by atoms with Gasteiger partial charge in [-0.1, -0.05) is 0 Å². The molecule has 1 fully saturated rings. The Balaban J connectivity index is 1.48. The van der Waals surface area contributed by atoms with E-state index < -0.39 is 18.0 Å². The van der Waals surface area contributed by atoms with Gasteiger partial charge in [0.1, 0.15) is 24.5 Å². The van der Waals surface area contributed by atoms with Crippen molar-refractivity contribution in [2.24, 2.45) is 12.8 Å². The van der Waals surface area contributed by atoms with Crippen molar-refractivity contribution in [2.45, 2.75) is 6.10 Å². The minimum atomic E-state index is -0.723. The Morgan fingerprint density at radius 2 is 1.89 bits per heavy atom. The molecule has 180 valence electrons. The fourth-order valence-electron chi connectivity index (χ4n) is 3.54. The summed E-state index contributed by atoms with van der Waals surface area (Å²) in [6.07, 6.45) is 0.236. The van der Waals surface area contributed by atoms with E-state index in [0.29, 0.717) is 11.6 Å². The number of nitrogens with one attached hydrogen (secondary N) is 1. The van der Waals surface area contributed by atoms with Crippen molar-refractivity contribution in [3.05, 3.63) is 48.3 Å². The Morgan fingerprint density at radius 1 is 1.17 bits per heavy atom. The highest BCUT2D eigenvalue weighted by Gasteiger charge is 2.36. The molecule has 2 aromatic carbocycles. The maximum absolute atomic E-state index is 12.6. The summed E-state index contributed by atoms with van der Waals surface area (Å²) in [7, 11) is 1.84. The van der Waals surface area contributed by atoms with E-state index >= 15 is 0 Å². The summed E-state index contributed by atoms with van der Waals surface area (Å²) in [5.74, 6) is 0.316. The number of hydrogen-bond donors (Lipinski definition) is 2. The molecule has 0 aliphatic carbocycles. The van der Waals surface area contributed by atoms with Gasteiger partial charge in [0.05, 0.1) is 17.8 Å². The molecular formula is C22H20N6O7. The van der Waals surface area contributed by atoms with Crippen molar-refractivity contribution in [3.63, 3.8) is 0 Å². The molecule has 3 aromatic rings. The monoisotopic (exact) mass is 480 g/mol. The number of nitrogens with two attached hydrogens (primary N) is 1. The number of hydrogen-bond acceptors (Lipinski definition) is 10. The van der Waals surface area contributed by atoms with Gasteiger partial charge in [-0.2, -0.15) is 0 Å². The van der Waals surface area contributed by atoms with E-state index in [-0.39, 0.29) is 48.8 Å². The number of carbonyl (C=O) groups excluding carboxylic acids is 3. The van der Waals surface area contributed by atoms with Gasteiger partial charge in [-0.3, -0.25) is 19.9 Å². The van der Waals surface area contributed by atoms with Gasteiger partial charge in [0.2, 0.25) is 0 Å². The van der Waals surface area contributed by atoms with Crippen LogP contribution in [-0.2, 0) is 21.4 Å². The zero-order valence-electron chi connectivity index (χ0n) is 18.4. The second-order valence-electron chi connectivity index (χ2n) is 7.35. The Bertz CT molecular complexity index is 1270. The summed E-state index contributed by atoms with van der Waals surface area (Å²) < 4.78 is 22.8. The highest BCUT2D eigenvalue weighted by atomic mass is 16.6. The first-order valence-corrected chi connectivity index (χ1v) is 10.2. The molecule has 1 atom stereocenters. The van der Waals surface area contributed by atoms with E-state index in [1.165, 1.54) is 17.0 Å². The van der Waals surface area contributed by atoms with Crippen molar-refractivity contribution >= 4 is 30.6 Å². The SMILES string of the molecule is Cn1cnnc1-c1ccc(OCC2CN(c3ccc(C(=N)N)c(OC=O)c3OC=O)C(=O)O2)cc1. The number of cyclic esters (lactones) is 1. The van der Waals surface area contributed by atoms with E-state index in [2.05, 4.69) is 10.2 Å². The van der Waals surface area contributed by atoms with Crippen LogP contribution in [0.15, 0.2) is 42.7 Å². The number of rotatable bonds is 10. The summed E-state index contributed by atoms with van der Waals surface area (Å²) >= 11 is 0. The molecule has 2 heterocycles. The van der Waals surface area contributed by atoms with E-state index in [1.807, 2.05) is 19.2 Å².